The summed E-state index contributed by atoms with van der Waals surface area (Å²) >= 11 is 0. The molecule has 1 saturated heterocycles. The molecule has 25 heavy (non-hydrogen) atoms. The molecule has 3 rings (SSSR count). The molecule has 0 saturated carbocycles. The first-order chi connectivity index (χ1) is 12.1. The van der Waals surface area contributed by atoms with Gasteiger partial charge in [0, 0.05) is 29.6 Å². The molecule has 1 aliphatic rings. The van der Waals surface area contributed by atoms with E-state index in [9.17, 15) is 9.59 Å². The van der Waals surface area contributed by atoms with Gasteiger partial charge in [0.2, 0.25) is 0 Å². The Bertz CT molecular complexity index is 809. The van der Waals surface area contributed by atoms with Crippen LogP contribution >= 0.6 is 0 Å². The minimum Gasteiger partial charge on any atom is -0.497 e. The molecule has 1 N–H and O–H groups in total. The molecule has 1 aliphatic heterocycles. The molecule has 0 aliphatic carbocycles. The fourth-order valence-electron chi connectivity index (χ4n) is 3.19. The lowest BCUT2D eigenvalue weighted by atomic mass is 10.1. The summed E-state index contributed by atoms with van der Waals surface area (Å²) in [7, 11) is 1.61. The third-order valence-corrected chi connectivity index (χ3v) is 4.50. The zero-order valence-corrected chi connectivity index (χ0v) is 14.7. The third-order valence-electron chi connectivity index (χ3n) is 4.50. The highest BCUT2D eigenvalue weighted by molar-refractivity contribution is 5.82. The van der Waals surface area contributed by atoms with Gasteiger partial charge in [0.05, 0.1) is 13.7 Å². The largest absolute Gasteiger partial charge is 0.497 e. The molecule has 0 radical (unpaired) electrons. The first kappa shape index (κ1) is 17.5. The molecule has 134 valence electrons. The number of aromatic nitrogens is 1. The number of nitrogens with one attached hydrogen (secondary N) is 1. The zero-order valence-electron chi connectivity index (χ0n) is 14.7. The monoisotopic (exact) mass is 344 g/mol. The Kier molecular flexibility index (Phi) is 5.38. The Balaban J connectivity index is 1.88. The smallest absolute Gasteiger partial charge is 0.253 e. The molecule has 1 atom stereocenters. The maximum Gasteiger partial charge on any atom is 0.253 e. The summed E-state index contributed by atoms with van der Waals surface area (Å²) < 4.78 is 10.8. The molecule has 6 heteroatoms. The number of carbonyl (C=O) groups excluding carboxylic acids is 1. The Morgan fingerprint density at radius 3 is 2.92 bits per heavy atom. The Morgan fingerprint density at radius 1 is 1.40 bits per heavy atom. The quantitative estimate of drug-likeness (QED) is 0.874. The second-order valence-electron chi connectivity index (χ2n) is 6.34. The fraction of sp³-hybridized carbons (Fsp3) is 0.474. The maximum absolute atomic E-state index is 12.7. The van der Waals surface area contributed by atoms with E-state index in [2.05, 4.69) is 4.98 Å². The number of ether oxygens (including phenoxy) is 2. The van der Waals surface area contributed by atoms with Crippen molar-refractivity contribution in [1.29, 1.82) is 0 Å². The van der Waals surface area contributed by atoms with Crippen LogP contribution in [0, 0.1) is 0 Å². The van der Waals surface area contributed by atoms with Crippen LogP contribution in [0.15, 0.2) is 29.1 Å². The van der Waals surface area contributed by atoms with Crippen molar-refractivity contribution < 1.29 is 14.3 Å². The SMILES string of the molecule is CCCN(Cc1cc2cc(OC)ccc2[nH]c1=O)C(=O)C1CCCO1. The number of carbonyl (C=O) groups is 1. The van der Waals surface area contributed by atoms with Gasteiger partial charge in [-0.05, 0) is 43.5 Å². The van der Waals surface area contributed by atoms with Crippen LogP contribution in [0.4, 0.5) is 0 Å². The molecule has 1 aromatic carbocycles. The van der Waals surface area contributed by atoms with E-state index in [1.807, 2.05) is 31.2 Å². The average molecular weight is 344 g/mol. The lowest BCUT2D eigenvalue weighted by molar-refractivity contribution is -0.141. The highest BCUT2D eigenvalue weighted by Gasteiger charge is 2.28. The summed E-state index contributed by atoms with van der Waals surface area (Å²) in [5.41, 5.74) is 1.15. The molecule has 1 unspecified atom stereocenters. The normalized spacial score (nSPS) is 17.0. The van der Waals surface area contributed by atoms with E-state index < -0.39 is 0 Å². The van der Waals surface area contributed by atoms with Gasteiger partial charge in [-0.15, -0.1) is 0 Å². The molecule has 2 heterocycles. The highest BCUT2D eigenvalue weighted by Crippen LogP contribution is 2.20. The molecule has 1 amide bonds. The van der Waals surface area contributed by atoms with Crippen LogP contribution < -0.4 is 10.3 Å². The van der Waals surface area contributed by atoms with Crippen LogP contribution in [0.2, 0.25) is 0 Å². The molecule has 2 aromatic rings. The summed E-state index contributed by atoms with van der Waals surface area (Å²) in [6, 6.07) is 7.34. The second-order valence-corrected chi connectivity index (χ2v) is 6.34. The number of aromatic amines is 1. The lowest BCUT2D eigenvalue weighted by Crippen LogP contribution is -2.40. The number of H-pyrrole nitrogens is 1. The van der Waals surface area contributed by atoms with Crippen LogP contribution in [0.3, 0.4) is 0 Å². The van der Waals surface area contributed by atoms with Crippen LogP contribution in [-0.2, 0) is 16.1 Å². The van der Waals surface area contributed by atoms with Gasteiger partial charge in [0.15, 0.2) is 0 Å². The van der Waals surface area contributed by atoms with Crippen molar-refractivity contribution in [2.75, 3.05) is 20.3 Å². The molecule has 6 nitrogen and oxygen atoms in total. The van der Waals surface area contributed by atoms with Gasteiger partial charge in [0.25, 0.3) is 11.5 Å². The summed E-state index contributed by atoms with van der Waals surface area (Å²) in [5.74, 6) is 0.704. The zero-order chi connectivity index (χ0) is 17.8. The number of rotatable bonds is 6. The molecule has 1 fully saturated rings. The van der Waals surface area contributed by atoms with Crippen molar-refractivity contribution in [3.63, 3.8) is 0 Å². The number of methoxy groups -OCH3 is 1. The van der Waals surface area contributed by atoms with Crippen molar-refractivity contribution in [2.45, 2.75) is 38.8 Å². The topological polar surface area (TPSA) is 71.6 Å². The Labute approximate surface area is 146 Å². The van der Waals surface area contributed by atoms with Crippen molar-refractivity contribution in [2.24, 2.45) is 0 Å². The fourth-order valence-corrected chi connectivity index (χ4v) is 3.19. The predicted octanol–water partition coefficient (Wildman–Crippen LogP) is 2.45. The summed E-state index contributed by atoms with van der Waals surface area (Å²) in [6.07, 6.45) is 2.13. The van der Waals surface area contributed by atoms with Crippen molar-refractivity contribution in [3.05, 3.63) is 40.2 Å². The summed E-state index contributed by atoms with van der Waals surface area (Å²) in [6.45, 7) is 3.54. The molecule has 0 bridgehead atoms. The van der Waals surface area contributed by atoms with Crippen LogP contribution in [0.5, 0.6) is 5.75 Å². The number of amides is 1. The van der Waals surface area contributed by atoms with Gasteiger partial charge in [-0.3, -0.25) is 9.59 Å². The van der Waals surface area contributed by atoms with Gasteiger partial charge in [-0.25, -0.2) is 0 Å². The number of hydrogen-bond donors (Lipinski definition) is 1. The van der Waals surface area contributed by atoms with Gasteiger partial charge < -0.3 is 19.4 Å². The van der Waals surface area contributed by atoms with E-state index in [4.69, 9.17) is 9.47 Å². The molecule has 1 aromatic heterocycles. The van der Waals surface area contributed by atoms with Gasteiger partial charge >= 0.3 is 0 Å². The average Bonchev–Trinajstić information content (AvgIpc) is 3.15. The highest BCUT2D eigenvalue weighted by atomic mass is 16.5. The van der Waals surface area contributed by atoms with Gasteiger partial charge in [0.1, 0.15) is 11.9 Å². The maximum atomic E-state index is 12.7. The number of benzene rings is 1. The summed E-state index contributed by atoms with van der Waals surface area (Å²) in [5, 5.41) is 0.884. The minimum absolute atomic E-state index is 0.0236. The van der Waals surface area contributed by atoms with Crippen LogP contribution in [0.1, 0.15) is 31.7 Å². The number of nitrogens with zero attached hydrogens (tertiary/aromatic N) is 1. The van der Waals surface area contributed by atoms with Gasteiger partial charge in [-0.1, -0.05) is 6.92 Å². The Hall–Kier alpha value is -2.34. The standard InChI is InChI=1S/C19H24N2O4/c1-3-8-21(19(23)17-5-4-9-25-17)12-14-10-13-11-15(24-2)6-7-16(13)20-18(14)22/h6-7,10-11,17H,3-5,8-9,12H2,1-2H3,(H,20,22). The van der Waals surface area contributed by atoms with Crippen LogP contribution in [-0.4, -0.2) is 42.2 Å². The van der Waals surface area contributed by atoms with Crippen molar-refractivity contribution >= 4 is 16.8 Å². The van der Waals surface area contributed by atoms with Gasteiger partial charge in [-0.2, -0.15) is 0 Å². The lowest BCUT2D eigenvalue weighted by Gasteiger charge is -2.24. The second kappa shape index (κ2) is 7.70. The van der Waals surface area contributed by atoms with Crippen LogP contribution in [0.25, 0.3) is 10.9 Å². The molecule has 0 spiro atoms. The van der Waals surface area contributed by atoms with E-state index in [0.29, 0.717) is 18.7 Å². The third kappa shape index (κ3) is 3.85. The first-order valence-corrected chi connectivity index (χ1v) is 8.72. The summed E-state index contributed by atoms with van der Waals surface area (Å²) in [4.78, 5) is 29.7. The Morgan fingerprint density at radius 2 is 2.24 bits per heavy atom. The minimum atomic E-state index is -0.369. The first-order valence-electron chi connectivity index (χ1n) is 8.72. The van der Waals surface area contributed by atoms with Crippen molar-refractivity contribution in [3.8, 4) is 5.75 Å². The number of pyridine rings is 1. The van der Waals surface area contributed by atoms with Crippen molar-refractivity contribution in [1.82, 2.24) is 9.88 Å². The van der Waals surface area contributed by atoms with E-state index in [1.54, 1.807) is 12.0 Å². The van der Waals surface area contributed by atoms with E-state index in [-0.39, 0.29) is 24.1 Å². The predicted molar refractivity (Wildman–Crippen MR) is 95.8 cm³/mol. The molecular weight excluding hydrogens is 320 g/mol. The van der Waals surface area contributed by atoms with E-state index in [0.717, 1.165) is 35.9 Å². The number of hydrogen-bond acceptors (Lipinski definition) is 4. The molecular formula is C19H24N2O4. The number of fused-ring (bicyclic) bond motifs is 1. The van der Waals surface area contributed by atoms with E-state index in [1.165, 1.54) is 0 Å². The van der Waals surface area contributed by atoms with E-state index >= 15 is 0 Å².